The second-order valence-electron chi connectivity index (χ2n) is 4.59. The summed E-state index contributed by atoms with van der Waals surface area (Å²) in [6.45, 7) is 6.38. The lowest BCUT2D eigenvalue weighted by Gasteiger charge is -2.26. The number of nitro groups is 1. The fourth-order valence-corrected chi connectivity index (χ4v) is 1.89. The van der Waals surface area contributed by atoms with Crippen LogP contribution in [0, 0.1) is 10.1 Å². The first-order valence-electron chi connectivity index (χ1n) is 6.24. The number of amides is 1. The summed E-state index contributed by atoms with van der Waals surface area (Å²) in [7, 11) is 0. The second kappa shape index (κ2) is 6.17. The Bertz CT molecular complexity index is 486. The summed E-state index contributed by atoms with van der Waals surface area (Å²) in [6, 6.07) is 4.32. The highest BCUT2D eigenvalue weighted by Crippen LogP contribution is 2.26. The van der Waals surface area contributed by atoms with Crippen molar-refractivity contribution in [2.24, 2.45) is 0 Å². The van der Waals surface area contributed by atoms with E-state index in [1.807, 2.05) is 20.8 Å². The average Bonchev–Trinajstić information content (AvgIpc) is 2.34. The van der Waals surface area contributed by atoms with Crippen LogP contribution < -0.4 is 5.73 Å². The molecule has 0 aromatic heterocycles. The van der Waals surface area contributed by atoms with Gasteiger partial charge in [0.15, 0.2) is 0 Å². The Kier molecular flexibility index (Phi) is 4.86. The van der Waals surface area contributed by atoms with E-state index in [9.17, 15) is 14.9 Å². The smallest absolute Gasteiger partial charge is 0.292 e. The first-order valence-corrected chi connectivity index (χ1v) is 6.24. The van der Waals surface area contributed by atoms with E-state index in [2.05, 4.69) is 0 Å². The van der Waals surface area contributed by atoms with Crippen molar-refractivity contribution in [3.63, 3.8) is 0 Å². The number of rotatable bonds is 5. The summed E-state index contributed by atoms with van der Waals surface area (Å²) < 4.78 is 0. The summed E-state index contributed by atoms with van der Waals surface area (Å²) in [4.78, 5) is 24.3. The Morgan fingerprint density at radius 3 is 2.58 bits per heavy atom. The topological polar surface area (TPSA) is 89.5 Å². The third-order valence-corrected chi connectivity index (χ3v) is 2.86. The minimum atomic E-state index is -0.578. The Labute approximate surface area is 112 Å². The number of nitro benzene ring substituents is 1. The standard InChI is InChI=1S/C13H19N3O3/c1-4-8-15(9(2)3)13(17)10-6-5-7-11(12(10)14)16(18)19/h5-7,9H,4,8,14H2,1-3H3. The molecule has 0 aliphatic heterocycles. The van der Waals surface area contributed by atoms with E-state index in [0.29, 0.717) is 6.54 Å². The molecule has 0 saturated heterocycles. The van der Waals surface area contributed by atoms with Crippen LogP contribution in [0.25, 0.3) is 0 Å². The molecule has 0 atom stereocenters. The van der Waals surface area contributed by atoms with Crippen molar-refractivity contribution in [3.05, 3.63) is 33.9 Å². The molecule has 0 bridgehead atoms. The highest BCUT2D eigenvalue weighted by Gasteiger charge is 2.24. The van der Waals surface area contributed by atoms with E-state index < -0.39 is 4.92 Å². The van der Waals surface area contributed by atoms with Gasteiger partial charge in [0.25, 0.3) is 11.6 Å². The molecule has 0 spiro atoms. The molecule has 19 heavy (non-hydrogen) atoms. The summed E-state index contributed by atoms with van der Waals surface area (Å²) >= 11 is 0. The molecule has 104 valence electrons. The summed E-state index contributed by atoms with van der Waals surface area (Å²) in [5.41, 5.74) is 5.62. The van der Waals surface area contributed by atoms with Crippen molar-refractivity contribution in [3.8, 4) is 0 Å². The quantitative estimate of drug-likeness (QED) is 0.503. The Balaban J connectivity index is 3.18. The van der Waals surface area contributed by atoms with Gasteiger partial charge in [0.1, 0.15) is 5.69 Å². The van der Waals surface area contributed by atoms with E-state index in [1.165, 1.54) is 18.2 Å². The Morgan fingerprint density at radius 1 is 1.47 bits per heavy atom. The lowest BCUT2D eigenvalue weighted by Crippen LogP contribution is -2.37. The summed E-state index contributed by atoms with van der Waals surface area (Å²) in [5, 5.41) is 10.8. The van der Waals surface area contributed by atoms with E-state index >= 15 is 0 Å². The number of hydrogen-bond acceptors (Lipinski definition) is 4. The van der Waals surface area contributed by atoms with Crippen LogP contribution in [-0.4, -0.2) is 28.3 Å². The number of benzene rings is 1. The number of para-hydroxylation sites is 1. The predicted octanol–water partition coefficient (Wildman–Crippen LogP) is 2.44. The van der Waals surface area contributed by atoms with Crippen molar-refractivity contribution >= 4 is 17.3 Å². The molecule has 0 aliphatic rings. The van der Waals surface area contributed by atoms with Gasteiger partial charge in [-0.15, -0.1) is 0 Å². The van der Waals surface area contributed by atoms with Crippen molar-refractivity contribution < 1.29 is 9.72 Å². The van der Waals surface area contributed by atoms with E-state index in [1.54, 1.807) is 4.90 Å². The number of nitrogens with zero attached hydrogens (tertiary/aromatic N) is 2. The molecule has 1 aromatic rings. The third kappa shape index (κ3) is 3.21. The zero-order valence-electron chi connectivity index (χ0n) is 11.4. The molecule has 6 nitrogen and oxygen atoms in total. The molecular weight excluding hydrogens is 246 g/mol. The maximum atomic E-state index is 12.4. The SMILES string of the molecule is CCCN(C(=O)c1cccc([N+](=O)[O-])c1N)C(C)C. The maximum Gasteiger partial charge on any atom is 0.292 e. The molecule has 1 rings (SSSR count). The molecule has 0 heterocycles. The largest absolute Gasteiger partial charge is 0.393 e. The van der Waals surface area contributed by atoms with Gasteiger partial charge >= 0.3 is 0 Å². The lowest BCUT2D eigenvalue weighted by atomic mass is 10.1. The van der Waals surface area contributed by atoms with Gasteiger partial charge in [-0.3, -0.25) is 14.9 Å². The van der Waals surface area contributed by atoms with Gasteiger partial charge in [0, 0.05) is 18.7 Å². The molecule has 0 saturated carbocycles. The van der Waals surface area contributed by atoms with Crippen molar-refractivity contribution in [2.75, 3.05) is 12.3 Å². The zero-order chi connectivity index (χ0) is 14.6. The maximum absolute atomic E-state index is 12.4. The predicted molar refractivity (Wildman–Crippen MR) is 74.0 cm³/mol. The van der Waals surface area contributed by atoms with Crippen LogP contribution >= 0.6 is 0 Å². The van der Waals surface area contributed by atoms with Crippen LogP contribution in [0.3, 0.4) is 0 Å². The van der Waals surface area contributed by atoms with Gasteiger partial charge in [-0.05, 0) is 26.3 Å². The summed E-state index contributed by atoms with van der Waals surface area (Å²) in [5.74, 6) is -0.266. The van der Waals surface area contributed by atoms with Crippen LogP contribution in [0.1, 0.15) is 37.6 Å². The fourth-order valence-electron chi connectivity index (χ4n) is 1.89. The van der Waals surface area contributed by atoms with E-state index in [4.69, 9.17) is 5.73 Å². The van der Waals surface area contributed by atoms with Crippen LogP contribution in [0.5, 0.6) is 0 Å². The van der Waals surface area contributed by atoms with Gasteiger partial charge in [0.2, 0.25) is 0 Å². The number of carbonyl (C=O) groups excluding carboxylic acids is 1. The fraction of sp³-hybridized carbons (Fsp3) is 0.462. The average molecular weight is 265 g/mol. The lowest BCUT2D eigenvalue weighted by molar-refractivity contribution is -0.383. The molecule has 2 N–H and O–H groups in total. The normalized spacial score (nSPS) is 10.5. The molecule has 1 amide bonds. The van der Waals surface area contributed by atoms with E-state index in [-0.39, 0.29) is 28.9 Å². The van der Waals surface area contributed by atoms with Crippen molar-refractivity contribution in [2.45, 2.75) is 33.2 Å². The minimum absolute atomic E-state index is 0.0195. The number of carbonyl (C=O) groups is 1. The van der Waals surface area contributed by atoms with Gasteiger partial charge in [-0.2, -0.15) is 0 Å². The number of anilines is 1. The van der Waals surface area contributed by atoms with Gasteiger partial charge in [0.05, 0.1) is 10.5 Å². The van der Waals surface area contributed by atoms with Gasteiger partial charge in [-0.1, -0.05) is 13.0 Å². The van der Waals surface area contributed by atoms with Crippen molar-refractivity contribution in [1.82, 2.24) is 4.90 Å². The highest BCUT2D eigenvalue weighted by atomic mass is 16.6. The van der Waals surface area contributed by atoms with Crippen molar-refractivity contribution in [1.29, 1.82) is 0 Å². The van der Waals surface area contributed by atoms with Gasteiger partial charge < -0.3 is 10.6 Å². The highest BCUT2D eigenvalue weighted by molar-refractivity contribution is 6.01. The first-order chi connectivity index (χ1) is 8.90. The molecule has 1 aromatic carbocycles. The molecule has 6 heteroatoms. The van der Waals surface area contributed by atoms with Crippen LogP contribution in [-0.2, 0) is 0 Å². The monoisotopic (exact) mass is 265 g/mol. The molecule has 0 radical (unpaired) electrons. The van der Waals surface area contributed by atoms with E-state index in [0.717, 1.165) is 6.42 Å². The second-order valence-corrected chi connectivity index (χ2v) is 4.59. The van der Waals surface area contributed by atoms with Crippen LogP contribution in [0.15, 0.2) is 18.2 Å². The van der Waals surface area contributed by atoms with Crippen LogP contribution in [0.4, 0.5) is 11.4 Å². The van der Waals surface area contributed by atoms with Crippen LogP contribution in [0.2, 0.25) is 0 Å². The first kappa shape index (κ1) is 14.9. The third-order valence-electron chi connectivity index (χ3n) is 2.86. The molecule has 0 fully saturated rings. The molecular formula is C13H19N3O3. The zero-order valence-corrected chi connectivity index (χ0v) is 11.4. The number of hydrogen-bond donors (Lipinski definition) is 1. The van der Waals surface area contributed by atoms with Gasteiger partial charge in [-0.25, -0.2) is 0 Å². The number of nitrogens with two attached hydrogens (primary N) is 1. The minimum Gasteiger partial charge on any atom is -0.393 e. The molecule has 0 unspecified atom stereocenters. The summed E-state index contributed by atoms with van der Waals surface area (Å²) in [6.07, 6.45) is 0.818. The Morgan fingerprint density at radius 2 is 2.11 bits per heavy atom. The Hall–Kier alpha value is -2.11. The molecule has 0 aliphatic carbocycles. The number of nitrogen functional groups attached to an aromatic ring is 1.